The SMILES string of the molecule is CCC(=O)N[C@H](c1ccccc1OC)c1c(O)ccc2ccccc12. The Balaban J connectivity index is 2.25. The zero-order chi connectivity index (χ0) is 17.8. The summed E-state index contributed by atoms with van der Waals surface area (Å²) in [5.74, 6) is 0.713. The lowest BCUT2D eigenvalue weighted by molar-refractivity contribution is -0.121. The maximum absolute atomic E-state index is 12.2. The van der Waals surface area contributed by atoms with Gasteiger partial charge in [-0.1, -0.05) is 55.5 Å². The third kappa shape index (κ3) is 3.29. The largest absolute Gasteiger partial charge is 0.508 e. The van der Waals surface area contributed by atoms with E-state index < -0.39 is 6.04 Å². The zero-order valence-corrected chi connectivity index (χ0v) is 14.3. The summed E-state index contributed by atoms with van der Waals surface area (Å²) in [6, 6.07) is 18.4. The van der Waals surface area contributed by atoms with Crippen LogP contribution in [0.2, 0.25) is 0 Å². The summed E-state index contributed by atoms with van der Waals surface area (Å²) in [5, 5.41) is 15.5. The van der Waals surface area contributed by atoms with Crippen LogP contribution in [0.1, 0.15) is 30.5 Å². The molecule has 128 valence electrons. The number of carbonyl (C=O) groups is 1. The van der Waals surface area contributed by atoms with E-state index >= 15 is 0 Å². The average molecular weight is 335 g/mol. The first kappa shape index (κ1) is 16.8. The number of fused-ring (bicyclic) bond motifs is 1. The number of benzene rings is 3. The fourth-order valence-corrected chi connectivity index (χ4v) is 3.06. The molecule has 0 radical (unpaired) electrons. The van der Waals surface area contributed by atoms with Gasteiger partial charge in [-0.3, -0.25) is 4.79 Å². The van der Waals surface area contributed by atoms with Crippen LogP contribution in [0.3, 0.4) is 0 Å². The fraction of sp³-hybridized carbons (Fsp3) is 0.190. The number of aromatic hydroxyl groups is 1. The molecular weight excluding hydrogens is 314 g/mol. The molecule has 0 aliphatic carbocycles. The van der Waals surface area contributed by atoms with Gasteiger partial charge in [0.1, 0.15) is 11.5 Å². The smallest absolute Gasteiger partial charge is 0.220 e. The molecule has 0 bridgehead atoms. The van der Waals surface area contributed by atoms with Gasteiger partial charge in [-0.25, -0.2) is 0 Å². The Morgan fingerprint density at radius 3 is 2.56 bits per heavy atom. The minimum Gasteiger partial charge on any atom is -0.508 e. The summed E-state index contributed by atoms with van der Waals surface area (Å²) in [7, 11) is 1.60. The average Bonchev–Trinajstić information content (AvgIpc) is 2.66. The third-order valence-electron chi connectivity index (χ3n) is 4.31. The molecule has 3 rings (SSSR count). The van der Waals surface area contributed by atoms with Crippen LogP contribution in [-0.2, 0) is 4.79 Å². The summed E-state index contributed by atoms with van der Waals surface area (Å²) in [5.41, 5.74) is 1.47. The molecule has 0 unspecified atom stereocenters. The van der Waals surface area contributed by atoms with Crippen molar-refractivity contribution in [3.8, 4) is 11.5 Å². The Kier molecular flexibility index (Phi) is 4.89. The monoisotopic (exact) mass is 335 g/mol. The highest BCUT2D eigenvalue weighted by atomic mass is 16.5. The second-order valence-corrected chi connectivity index (χ2v) is 5.82. The minimum absolute atomic E-state index is 0.0942. The topological polar surface area (TPSA) is 58.6 Å². The molecule has 4 heteroatoms. The first-order chi connectivity index (χ1) is 12.2. The van der Waals surface area contributed by atoms with Gasteiger partial charge in [0.05, 0.1) is 13.2 Å². The molecule has 1 atom stereocenters. The van der Waals surface area contributed by atoms with Gasteiger partial charge in [0, 0.05) is 17.5 Å². The van der Waals surface area contributed by atoms with E-state index in [1.807, 2.05) is 54.6 Å². The van der Waals surface area contributed by atoms with Crippen LogP contribution in [0.5, 0.6) is 11.5 Å². The van der Waals surface area contributed by atoms with E-state index in [0.717, 1.165) is 16.3 Å². The molecule has 2 N–H and O–H groups in total. The Morgan fingerprint density at radius 2 is 1.80 bits per heavy atom. The number of phenols is 1. The number of hydrogen-bond acceptors (Lipinski definition) is 3. The molecule has 3 aromatic carbocycles. The van der Waals surface area contributed by atoms with Crippen LogP contribution in [0.4, 0.5) is 0 Å². The lowest BCUT2D eigenvalue weighted by Gasteiger charge is -2.24. The van der Waals surface area contributed by atoms with Crippen LogP contribution >= 0.6 is 0 Å². The quantitative estimate of drug-likeness (QED) is 0.736. The zero-order valence-electron chi connectivity index (χ0n) is 14.3. The summed E-state index contributed by atoms with van der Waals surface area (Å²) in [6.45, 7) is 1.80. The number of amides is 1. The van der Waals surface area contributed by atoms with Gasteiger partial charge in [0.2, 0.25) is 5.91 Å². The molecule has 3 aromatic rings. The van der Waals surface area contributed by atoms with Gasteiger partial charge in [-0.15, -0.1) is 0 Å². The molecular formula is C21H21NO3. The summed E-state index contributed by atoms with van der Waals surface area (Å²) in [4.78, 5) is 12.2. The molecule has 4 nitrogen and oxygen atoms in total. The molecule has 0 aliphatic rings. The number of carbonyl (C=O) groups excluding carboxylic acids is 1. The summed E-state index contributed by atoms with van der Waals surface area (Å²) in [6.07, 6.45) is 0.358. The number of ether oxygens (including phenoxy) is 1. The Labute approximate surface area is 147 Å². The van der Waals surface area contributed by atoms with Gasteiger partial charge in [-0.2, -0.15) is 0 Å². The molecule has 0 heterocycles. The second kappa shape index (κ2) is 7.26. The minimum atomic E-state index is -0.505. The third-order valence-corrected chi connectivity index (χ3v) is 4.31. The Hall–Kier alpha value is -3.01. The van der Waals surface area contributed by atoms with Crippen LogP contribution in [0.15, 0.2) is 60.7 Å². The standard InChI is InChI=1S/C21H21NO3/c1-3-19(24)22-21(16-10-6-7-11-18(16)25-2)20-15-9-5-4-8-14(15)12-13-17(20)23/h4-13,21,23H,3H2,1-2H3,(H,22,24)/t21-/m1/s1. The van der Waals surface area contributed by atoms with Crippen LogP contribution < -0.4 is 10.1 Å². The number of para-hydroxylation sites is 1. The summed E-state index contributed by atoms with van der Waals surface area (Å²) >= 11 is 0. The Bertz CT molecular complexity index is 905. The van der Waals surface area contributed by atoms with Gasteiger partial charge in [0.15, 0.2) is 0 Å². The predicted octanol–water partition coefficient (Wildman–Crippen LogP) is 4.17. The van der Waals surface area contributed by atoms with E-state index in [9.17, 15) is 9.90 Å². The first-order valence-electron chi connectivity index (χ1n) is 8.28. The maximum Gasteiger partial charge on any atom is 0.220 e. The van der Waals surface area contributed by atoms with Crippen LogP contribution in [0.25, 0.3) is 10.8 Å². The highest BCUT2D eigenvalue weighted by molar-refractivity contribution is 5.89. The van der Waals surface area contributed by atoms with Crippen molar-refractivity contribution in [1.82, 2.24) is 5.32 Å². The van der Waals surface area contributed by atoms with Crippen molar-refractivity contribution in [3.05, 3.63) is 71.8 Å². The predicted molar refractivity (Wildman–Crippen MR) is 98.9 cm³/mol. The van der Waals surface area contributed by atoms with Crippen molar-refractivity contribution >= 4 is 16.7 Å². The highest BCUT2D eigenvalue weighted by Gasteiger charge is 2.24. The van der Waals surface area contributed by atoms with Crippen LogP contribution in [0, 0.1) is 0 Å². The van der Waals surface area contributed by atoms with E-state index in [0.29, 0.717) is 17.7 Å². The lowest BCUT2D eigenvalue weighted by atomic mass is 9.92. The fourth-order valence-electron chi connectivity index (χ4n) is 3.06. The van der Waals surface area contributed by atoms with E-state index in [1.54, 1.807) is 20.1 Å². The van der Waals surface area contributed by atoms with Crippen molar-refractivity contribution in [2.24, 2.45) is 0 Å². The van der Waals surface area contributed by atoms with Crippen molar-refractivity contribution in [3.63, 3.8) is 0 Å². The molecule has 1 amide bonds. The van der Waals surface area contributed by atoms with E-state index in [2.05, 4.69) is 5.32 Å². The van der Waals surface area contributed by atoms with Crippen LogP contribution in [-0.4, -0.2) is 18.1 Å². The van der Waals surface area contributed by atoms with Crippen molar-refractivity contribution in [2.45, 2.75) is 19.4 Å². The van der Waals surface area contributed by atoms with E-state index in [4.69, 9.17) is 4.74 Å². The van der Waals surface area contributed by atoms with Crippen molar-refractivity contribution in [2.75, 3.05) is 7.11 Å². The molecule has 0 aromatic heterocycles. The molecule has 25 heavy (non-hydrogen) atoms. The van der Waals surface area contributed by atoms with Crippen molar-refractivity contribution in [1.29, 1.82) is 0 Å². The van der Waals surface area contributed by atoms with Crippen molar-refractivity contribution < 1.29 is 14.6 Å². The van der Waals surface area contributed by atoms with Gasteiger partial charge in [0.25, 0.3) is 0 Å². The molecule has 0 fully saturated rings. The number of methoxy groups -OCH3 is 1. The van der Waals surface area contributed by atoms with E-state index in [-0.39, 0.29) is 11.7 Å². The second-order valence-electron chi connectivity index (χ2n) is 5.82. The van der Waals surface area contributed by atoms with Gasteiger partial charge in [-0.05, 0) is 22.9 Å². The number of rotatable bonds is 5. The molecule has 0 saturated heterocycles. The molecule has 0 spiro atoms. The number of phenolic OH excluding ortho intramolecular Hbond substituents is 1. The Morgan fingerprint density at radius 1 is 1.08 bits per heavy atom. The molecule has 0 saturated carbocycles. The van der Waals surface area contributed by atoms with Gasteiger partial charge < -0.3 is 15.2 Å². The first-order valence-corrected chi connectivity index (χ1v) is 8.28. The lowest BCUT2D eigenvalue weighted by Crippen LogP contribution is -2.29. The number of nitrogens with one attached hydrogen (secondary N) is 1. The molecule has 0 aliphatic heterocycles. The maximum atomic E-state index is 12.2. The number of hydrogen-bond donors (Lipinski definition) is 2. The normalized spacial score (nSPS) is 11.9. The summed E-state index contributed by atoms with van der Waals surface area (Å²) < 4.78 is 5.48. The van der Waals surface area contributed by atoms with E-state index in [1.165, 1.54) is 0 Å². The highest BCUT2D eigenvalue weighted by Crippen LogP contribution is 2.38. The van der Waals surface area contributed by atoms with Gasteiger partial charge >= 0.3 is 0 Å².